The molecule has 1 amide bonds. The van der Waals surface area contributed by atoms with Gasteiger partial charge in [-0.15, -0.1) is 0 Å². The molecular weight excluding hydrogens is 237 g/mol. The average Bonchev–Trinajstić information content (AvgIpc) is 2.31. The van der Waals surface area contributed by atoms with Crippen molar-refractivity contribution in [2.75, 3.05) is 6.54 Å². The van der Waals surface area contributed by atoms with Crippen LogP contribution in [0.3, 0.4) is 0 Å². The lowest BCUT2D eigenvalue weighted by atomic mass is 10.1. The number of halogens is 1. The molecule has 18 heavy (non-hydrogen) atoms. The Morgan fingerprint density at radius 2 is 2.06 bits per heavy atom. The molecule has 0 aliphatic rings. The highest BCUT2D eigenvalue weighted by Crippen LogP contribution is 2.11. The van der Waals surface area contributed by atoms with Gasteiger partial charge in [-0.3, -0.25) is 9.59 Å². The highest BCUT2D eigenvalue weighted by atomic mass is 19.1. The summed E-state index contributed by atoms with van der Waals surface area (Å²) in [5, 5.41) is 11.0. The molecule has 0 heterocycles. The Kier molecular flexibility index (Phi) is 5.30. The number of carboxylic acid groups (broad SMARTS) is 1. The third kappa shape index (κ3) is 4.16. The molecule has 0 bridgehead atoms. The molecule has 2 N–H and O–H groups in total. The Morgan fingerprint density at radius 3 is 2.72 bits per heavy atom. The average molecular weight is 253 g/mol. The molecule has 0 aliphatic carbocycles. The van der Waals surface area contributed by atoms with E-state index in [1.807, 2.05) is 0 Å². The number of nitrogens with one attached hydrogen (secondary N) is 1. The molecular formula is C13H16FNO3. The fraction of sp³-hybridized carbons (Fsp3) is 0.385. The summed E-state index contributed by atoms with van der Waals surface area (Å²) in [6.07, 6.45) is 1.13. The van der Waals surface area contributed by atoms with E-state index in [0.29, 0.717) is 24.9 Å². The number of aliphatic carboxylic acids is 1. The fourth-order valence-corrected chi connectivity index (χ4v) is 1.52. The first-order chi connectivity index (χ1) is 8.52. The summed E-state index contributed by atoms with van der Waals surface area (Å²) in [6, 6.07) is 4.64. The van der Waals surface area contributed by atoms with Crippen molar-refractivity contribution in [3.8, 4) is 0 Å². The standard InChI is InChI=1S/C13H16FNO3/c1-9-5-4-6-10(12(9)14)13(18)15-8-3-2-7-11(16)17/h4-6H,2-3,7-8H2,1H3,(H,15,18)(H,16,17). The van der Waals surface area contributed by atoms with Crippen molar-refractivity contribution >= 4 is 11.9 Å². The van der Waals surface area contributed by atoms with Crippen molar-refractivity contribution in [2.24, 2.45) is 0 Å². The minimum Gasteiger partial charge on any atom is -0.481 e. The van der Waals surface area contributed by atoms with Crippen molar-refractivity contribution in [1.82, 2.24) is 5.32 Å². The summed E-state index contributed by atoms with van der Waals surface area (Å²) >= 11 is 0. The number of amides is 1. The third-order valence-electron chi connectivity index (χ3n) is 2.54. The Balaban J connectivity index is 2.41. The van der Waals surface area contributed by atoms with E-state index in [1.54, 1.807) is 19.1 Å². The lowest BCUT2D eigenvalue weighted by Gasteiger charge is -2.06. The van der Waals surface area contributed by atoms with Gasteiger partial charge < -0.3 is 10.4 Å². The van der Waals surface area contributed by atoms with Crippen molar-refractivity contribution in [1.29, 1.82) is 0 Å². The van der Waals surface area contributed by atoms with Gasteiger partial charge >= 0.3 is 5.97 Å². The minimum absolute atomic E-state index is 0.0215. The van der Waals surface area contributed by atoms with Crippen LogP contribution < -0.4 is 5.32 Å². The van der Waals surface area contributed by atoms with E-state index in [4.69, 9.17) is 5.11 Å². The summed E-state index contributed by atoms with van der Waals surface area (Å²) in [7, 11) is 0. The van der Waals surface area contributed by atoms with Crippen molar-refractivity contribution < 1.29 is 19.1 Å². The molecule has 0 atom stereocenters. The van der Waals surface area contributed by atoms with E-state index in [-0.39, 0.29) is 12.0 Å². The van der Waals surface area contributed by atoms with Crippen LogP contribution in [0.25, 0.3) is 0 Å². The highest BCUT2D eigenvalue weighted by Gasteiger charge is 2.12. The summed E-state index contributed by atoms with van der Waals surface area (Å²) in [5.74, 6) is -1.84. The maximum atomic E-state index is 13.6. The fourth-order valence-electron chi connectivity index (χ4n) is 1.52. The van der Waals surface area contributed by atoms with Gasteiger partial charge in [0.25, 0.3) is 5.91 Å². The number of aryl methyl sites for hydroxylation is 1. The van der Waals surface area contributed by atoms with Gasteiger partial charge in [-0.1, -0.05) is 12.1 Å². The largest absolute Gasteiger partial charge is 0.481 e. The molecule has 5 heteroatoms. The molecule has 0 spiro atoms. The summed E-state index contributed by atoms with van der Waals surface area (Å²) in [5.41, 5.74) is 0.446. The van der Waals surface area contributed by atoms with Crippen LogP contribution in [0, 0.1) is 12.7 Å². The number of rotatable bonds is 6. The minimum atomic E-state index is -0.856. The van der Waals surface area contributed by atoms with Gasteiger partial charge in [-0.25, -0.2) is 4.39 Å². The van der Waals surface area contributed by atoms with Gasteiger partial charge in [0.1, 0.15) is 5.82 Å². The van der Waals surface area contributed by atoms with E-state index in [1.165, 1.54) is 6.07 Å². The Hall–Kier alpha value is -1.91. The summed E-state index contributed by atoms with van der Waals surface area (Å²) in [6.45, 7) is 1.94. The molecule has 0 saturated heterocycles. The molecule has 1 rings (SSSR count). The van der Waals surface area contributed by atoms with Crippen LogP contribution in [0.4, 0.5) is 4.39 Å². The molecule has 0 radical (unpaired) electrons. The van der Waals surface area contributed by atoms with Crippen LogP contribution in [0.5, 0.6) is 0 Å². The van der Waals surface area contributed by atoms with Gasteiger partial charge in [0.2, 0.25) is 0 Å². The first kappa shape index (κ1) is 14.2. The van der Waals surface area contributed by atoms with Crippen LogP contribution in [0.2, 0.25) is 0 Å². The second-order valence-electron chi connectivity index (χ2n) is 4.04. The van der Waals surface area contributed by atoms with Gasteiger partial charge in [0.15, 0.2) is 0 Å². The van der Waals surface area contributed by atoms with E-state index in [9.17, 15) is 14.0 Å². The molecule has 0 saturated carbocycles. The zero-order valence-electron chi connectivity index (χ0n) is 10.2. The van der Waals surface area contributed by atoms with Crippen molar-refractivity contribution in [3.05, 3.63) is 35.1 Å². The predicted molar refractivity (Wildman–Crippen MR) is 65.0 cm³/mol. The smallest absolute Gasteiger partial charge is 0.303 e. The highest BCUT2D eigenvalue weighted by molar-refractivity contribution is 5.94. The van der Waals surface area contributed by atoms with Gasteiger partial charge in [0, 0.05) is 13.0 Å². The normalized spacial score (nSPS) is 10.1. The lowest BCUT2D eigenvalue weighted by Crippen LogP contribution is -2.25. The number of carboxylic acids is 1. The summed E-state index contributed by atoms with van der Waals surface area (Å²) in [4.78, 5) is 21.9. The Morgan fingerprint density at radius 1 is 1.33 bits per heavy atom. The second-order valence-corrected chi connectivity index (χ2v) is 4.04. The molecule has 1 aromatic rings. The van der Waals surface area contributed by atoms with E-state index < -0.39 is 17.7 Å². The number of hydrogen-bond donors (Lipinski definition) is 2. The first-order valence-corrected chi connectivity index (χ1v) is 5.77. The van der Waals surface area contributed by atoms with Gasteiger partial charge in [-0.05, 0) is 31.4 Å². The maximum Gasteiger partial charge on any atom is 0.303 e. The first-order valence-electron chi connectivity index (χ1n) is 5.77. The molecule has 0 unspecified atom stereocenters. The monoisotopic (exact) mass is 253 g/mol. The van der Waals surface area contributed by atoms with E-state index >= 15 is 0 Å². The number of benzene rings is 1. The topological polar surface area (TPSA) is 66.4 Å². The quantitative estimate of drug-likeness (QED) is 0.763. The summed E-state index contributed by atoms with van der Waals surface area (Å²) < 4.78 is 13.6. The third-order valence-corrected chi connectivity index (χ3v) is 2.54. The molecule has 4 nitrogen and oxygen atoms in total. The van der Waals surface area contributed by atoms with E-state index in [2.05, 4.69) is 5.32 Å². The number of hydrogen-bond acceptors (Lipinski definition) is 2. The zero-order valence-corrected chi connectivity index (χ0v) is 10.2. The van der Waals surface area contributed by atoms with Gasteiger partial charge in [-0.2, -0.15) is 0 Å². The van der Waals surface area contributed by atoms with E-state index in [0.717, 1.165) is 0 Å². The van der Waals surface area contributed by atoms with Crippen LogP contribution in [-0.2, 0) is 4.79 Å². The molecule has 1 aromatic carbocycles. The second kappa shape index (κ2) is 6.74. The zero-order chi connectivity index (χ0) is 13.5. The number of unbranched alkanes of at least 4 members (excludes halogenated alkanes) is 1. The molecule has 98 valence electrons. The predicted octanol–water partition coefficient (Wildman–Crippen LogP) is 2.12. The molecule has 0 fully saturated rings. The van der Waals surface area contributed by atoms with Crippen LogP contribution in [0.1, 0.15) is 35.2 Å². The maximum absolute atomic E-state index is 13.6. The lowest BCUT2D eigenvalue weighted by molar-refractivity contribution is -0.137. The molecule has 0 aromatic heterocycles. The molecule has 0 aliphatic heterocycles. The van der Waals surface area contributed by atoms with Crippen LogP contribution in [0.15, 0.2) is 18.2 Å². The van der Waals surface area contributed by atoms with Gasteiger partial charge in [0.05, 0.1) is 5.56 Å². The van der Waals surface area contributed by atoms with Crippen LogP contribution in [-0.4, -0.2) is 23.5 Å². The van der Waals surface area contributed by atoms with Crippen molar-refractivity contribution in [2.45, 2.75) is 26.2 Å². The SMILES string of the molecule is Cc1cccc(C(=O)NCCCCC(=O)O)c1F. The Labute approximate surface area is 105 Å². The van der Waals surface area contributed by atoms with Crippen molar-refractivity contribution in [3.63, 3.8) is 0 Å². The number of carbonyl (C=O) groups excluding carboxylic acids is 1. The number of carbonyl (C=O) groups is 2. The van der Waals surface area contributed by atoms with Crippen LogP contribution >= 0.6 is 0 Å². The Bertz CT molecular complexity index is 446.